The van der Waals surface area contributed by atoms with Gasteiger partial charge in [0.2, 0.25) is 6.79 Å². The van der Waals surface area contributed by atoms with E-state index in [-0.39, 0.29) is 5.75 Å². The SMILES string of the molecule is COc1cc2c(cc1O)CC[N+]1(C)c3cc4c(cc3C[C@@H]21)OCO4. The predicted octanol–water partition coefficient (Wildman–Crippen LogP) is 2.92. The molecular formula is C19H20NO4+. The number of hydrogen-bond donors (Lipinski definition) is 1. The maximum absolute atomic E-state index is 10.1. The Balaban J connectivity index is 1.66. The number of quaternary nitrogens is 1. The van der Waals surface area contributed by atoms with Crippen molar-refractivity contribution in [1.82, 2.24) is 4.48 Å². The van der Waals surface area contributed by atoms with E-state index in [1.165, 1.54) is 22.4 Å². The molecule has 1 unspecified atom stereocenters. The first-order valence-electron chi connectivity index (χ1n) is 8.28. The summed E-state index contributed by atoms with van der Waals surface area (Å²) in [6.45, 7) is 1.32. The highest BCUT2D eigenvalue weighted by molar-refractivity contribution is 5.66. The lowest BCUT2D eigenvalue weighted by Crippen LogP contribution is -2.50. The van der Waals surface area contributed by atoms with Crippen molar-refractivity contribution in [2.24, 2.45) is 0 Å². The second-order valence-corrected chi connectivity index (χ2v) is 7.02. The summed E-state index contributed by atoms with van der Waals surface area (Å²) in [5.41, 5.74) is 5.15. The summed E-state index contributed by atoms with van der Waals surface area (Å²) in [5.74, 6) is 2.47. The molecule has 24 heavy (non-hydrogen) atoms. The summed E-state index contributed by atoms with van der Waals surface area (Å²) < 4.78 is 17.3. The average molecular weight is 326 g/mol. The first-order valence-corrected chi connectivity index (χ1v) is 8.28. The Morgan fingerprint density at radius 1 is 1.12 bits per heavy atom. The highest BCUT2D eigenvalue weighted by Gasteiger charge is 2.48. The van der Waals surface area contributed by atoms with E-state index < -0.39 is 0 Å². The van der Waals surface area contributed by atoms with Gasteiger partial charge in [-0.1, -0.05) is 0 Å². The number of phenols is 1. The first kappa shape index (κ1) is 14.0. The Labute approximate surface area is 140 Å². The molecule has 2 aromatic rings. The van der Waals surface area contributed by atoms with Crippen LogP contribution in [-0.4, -0.2) is 32.6 Å². The van der Waals surface area contributed by atoms with E-state index in [0.29, 0.717) is 18.6 Å². The number of aromatic hydroxyl groups is 1. The fourth-order valence-electron chi connectivity index (χ4n) is 4.55. The summed E-state index contributed by atoms with van der Waals surface area (Å²) >= 11 is 0. The van der Waals surface area contributed by atoms with E-state index in [2.05, 4.69) is 19.2 Å². The van der Waals surface area contributed by atoms with Gasteiger partial charge in [0.15, 0.2) is 23.0 Å². The largest absolute Gasteiger partial charge is 0.504 e. The Morgan fingerprint density at radius 2 is 1.92 bits per heavy atom. The fraction of sp³-hybridized carbons (Fsp3) is 0.368. The van der Waals surface area contributed by atoms with Crippen LogP contribution in [0.5, 0.6) is 23.0 Å². The summed E-state index contributed by atoms with van der Waals surface area (Å²) in [7, 11) is 3.89. The molecule has 0 saturated carbocycles. The Hall–Kier alpha value is -2.40. The number of rotatable bonds is 1. The van der Waals surface area contributed by atoms with Gasteiger partial charge >= 0.3 is 0 Å². The lowest BCUT2D eigenvalue weighted by molar-refractivity contribution is 0.173. The van der Waals surface area contributed by atoms with Gasteiger partial charge in [-0.05, 0) is 23.8 Å². The number of phenolic OH excluding ortho intramolecular Hbond substituents is 1. The first-order chi connectivity index (χ1) is 11.6. The normalized spacial score (nSPS) is 25.8. The summed E-state index contributed by atoms with van der Waals surface area (Å²) in [4.78, 5) is 0. The molecule has 1 N–H and O–H groups in total. The molecular weight excluding hydrogens is 306 g/mol. The molecule has 0 saturated heterocycles. The van der Waals surface area contributed by atoms with Crippen LogP contribution in [0.3, 0.4) is 0 Å². The number of fused-ring (bicyclic) bond motifs is 6. The second kappa shape index (κ2) is 4.57. The van der Waals surface area contributed by atoms with E-state index in [0.717, 1.165) is 35.4 Å². The van der Waals surface area contributed by atoms with Gasteiger partial charge in [0, 0.05) is 30.0 Å². The van der Waals surface area contributed by atoms with Crippen molar-refractivity contribution >= 4 is 5.69 Å². The minimum atomic E-state index is 0.226. The quantitative estimate of drug-likeness (QED) is 0.819. The van der Waals surface area contributed by atoms with Gasteiger partial charge in [-0.15, -0.1) is 0 Å². The van der Waals surface area contributed by atoms with Crippen LogP contribution in [0.2, 0.25) is 0 Å². The Kier molecular flexibility index (Phi) is 2.66. The standard InChI is InChI=1S/C19H19NO4/c1-20-4-3-11-6-16(21)17(22-2)8-13(11)15(20)5-12-7-18-19(9-14(12)20)24-10-23-18/h6-9,15H,3-5,10H2,1-2H3/p+1/t15-,20?/m0/s1. The molecule has 124 valence electrons. The van der Waals surface area contributed by atoms with Gasteiger partial charge in [-0.3, -0.25) is 4.48 Å². The van der Waals surface area contributed by atoms with Crippen molar-refractivity contribution in [3.05, 3.63) is 41.0 Å². The molecule has 2 aromatic carbocycles. The number of ether oxygens (including phenoxy) is 3. The zero-order valence-corrected chi connectivity index (χ0v) is 13.8. The van der Waals surface area contributed by atoms with E-state index in [9.17, 15) is 5.11 Å². The van der Waals surface area contributed by atoms with Gasteiger partial charge < -0.3 is 19.3 Å². The third-order valence-corrected chi connectivity index (χ3v) is 5.87. The monoisotopic (exact) mass is 326 g/mol. The molecule has 5 heteroatoms. The minimum absolute atomic E-state index is 0.226. The topological polar surface area (TPSA) is 47.9 Å². The zero-order valence-electron chi connectivity index (χ0n) is 13.8. The Bertz CT molecular complexity index is 863. The predicted molar refractivity (Wildman–Crippen MR) is 90.0 cm³/mol. The van der Waals surface area contributed by atoms with Crippen LogP contribution in [0.15, 0.2) is 24.3 Å². The smallest absolute Gasteiger partial charge is 0.231 e. The van der Waals surface area contributed by atoms with Gasteiger partial charge in [-0.2, -0.15) is 0 Å². The zero-order chi connectivity index (χ0) is 16.5. The maximum atomic E-state index is 10.1. The minimum Gasteiger partial charge on any atom is -0.504 e. The molecule has 0 bridgehead atoms. The van der Waals surface area contributed by atoms with Gasteiger partial charge in [-0.25, -0.2) is 0 Å². The van der Waals surface area contributed by atoms with E-state index >= 15 is 0 Å². The summed E-state index contributed by atoms with van der Waals surface area (Å²) in [6.07, 6.45) is 1.90. The van der Waals surface area contributed by atoms with Crippen molar-refractivity contribution in [3.8, 4) is 23.0 Å². The van der Waals surface area contributed by atoms with Crippen molar-refractivity contribution in [3.63, 3.8) is 0 Å². The third-order valence-electron chi connectivity index (χ3n) is 5.87. The summed E-state index contributed by atoms with van der Waals surface area (Å²) in [6, 6.07) is 8.50. The molecule has 3 aliphatic heterocycles. The van der Waals surface area contributed by atoms with Crippen LogP contribution in [0.25, 0.3) is 0 Å². The summed E-state index contributed by atoms with van der Waals surface area (Å²) in [5, 5.41) is 10.1. The molecule has 2 atom stereocenters. The van der Waals surface area contributed by atoms with Crippen molar-refractivity contribution in [1.29, 1.82) is 0 Å². The number of hydrogen-bond acceptors (Lipinski definition) is 4. The van der Waals surface area contributed by atoms with E-state index in [1.807, 2.05) is 12.1 Å². The average Bonchev–Trinajstić information content (AvgIpc) is 3.14. The number of benzene rings is 2. The van der Waals surface area contributed by atoms with Crippen LogP contribution in [0.1, 0.15) is 22.7 Å². The lowest BCUT2D eigenvalue weighted by Gasteiger charge is -2.41. The third kappa shape index (κ3) is 1.68. The molecule has 0 spiro atoms. The van der Waals surface area contributed by atoms with Gasteiger partial charge in [0.25, 0.3) is 0 Å². The van der Waals surface area contributed by atoms with Crippen LogP contribution in [0.4, 0.5) is 5.69 Å². The van der Waals surface area contributed by atoms with Gasteiger partial charge in [0.05, 0.1) is 20.7 Å². The molecule has 3 heterocycles. The highest BCUT2D eigenvalue weighted by atomic mass is 16.7. The molecule has 0 aliphatic carbocycles. The van der Waals surface area contributed by atoms with Crippen LogP contribution in [0, 0.1) is 0 Å². The second-order valence-electron chi connectivity index (χ2n) is 7.02. The number of methoxy groups -OCH3 is 1. The molecule has 0 amide bonds. The van der Waals surface area contributed by atoms with Gasteiger partial charge in [0.1, 0.15) is 11.7 Å². The molecule has 0 aromatic heterocycles. The Morgan fingerprint density at radius 3 is 2.71 bits per heavy atom. The molecule has 3 aliphatic rings. The van der Waals surface area contributed by atoms with E-state index in [4.69, 9.17) is 14.2 Å². The highest BCUT2D eigenvalue weighted by Crippen LogP contribution is 2.53. The maximum Gasteiger partial charge on any atom is 0.231 e. The molecule has 5 nitrogen and oxygen atoms in total. The molecule has 5 rings (SSSR count). The molecule has 0 fully saturated rings. The van der Waals surface area contributed by atoms with Crippen LogP contribution >= 0.6 is 0 Å². The number of nitrogens with zero attached hydrogens (tertiary/aromatic N) is 1. The molecule has 0 radical (unpaired) electrons. The van der Waals surface area contributed by atoms with Crippen LogP contribution < -0.4 is 18.7 Å². The van der Waals surface area contributed by atoms with Crippen LogP contribution in [-0.2, 0) is 12.8 Å². The van der Waals surface area contributed by atoms with Crippen molar-refractivity contribution < 1.29 is 19.3 Å². The van der Waals surface area contributed by atoms with Crippen molar-refractivity contribution in [2.75, 3.05) is 27.5 Å². The fourth-order valence-corrected chi connectivity index (χ4v) is 4.55. The van der Waals surface area contributed by atoms with E-state index in [1.54, 1.807) is 7.11 Å². The lowest BCUT2D eigenvalue weighted by atomic mass is 9.90. The van der Waals surface area contributed by atoms with Crippen molar-refractivity contribution in [2.45, 2.75) is 18.9 Å². The number of likely N-dealkylation sites (N-methyl/N-ethyl adjacent to an activating group) is 1.